The second-order valence-electron chi connectivity index (χ2n) is 8.50. The zero-order chi connectivity index (χ0) is 28.3. The van der Waals surface area contributed by atoms with Gasteiger partial charge in [-0.05, 0) is 52.2 Å². The van der Waals surface area contributed by atoms with Gasteiger partial charge in [-0.3, -0.25) is 0 Å². The highest BCUT2D eigenvalue weighted by atomic mass is 16.6. The van der Waals surface area contributed by atoms with Gasteiger partial charge < -0.3 is 18.9 Å². The minimum Gasteiger partial charge on any atom is -0.489 e. The smallest absolute Gasteiger partial charge is 0.330 e. The van der Waals surface area contributed by atoms with Gasteiger partial charge in [0.25, 0.3) is 0 Å². The fourth-order valence-corrected chi connectivity index (χ4v) is 4.18. The highest BCUT2D eigenvalue weighted by molar-refractivity contribution is 6.01. The number of benzene rings is 4. The summed E-state index contributed by atoms with van der Waals surface area (Å²) in [4.78, 5) is 22.7. The van der Waals surface area contributed by atoms with Crippen molar-refractivity contribution in [2.45, 2.75) is 0 Å². The van der Waals surface area contributed by atoms with E-state index in [1.807, 2.05) is 72.8 Å². The molecule has 4 aromatic carbocycles. The van der Waals surface area contributed by atoms with Crippen LogP contribution in [0.3, 0.4) is 0 Å². The van der Waals surface area contributed by atoms with Gasteiger partial charge in [0.05, 0.1) is 11.6 Å². The molecule has 0 saturated carbocycles. The van der Waals surface area contributed by atoms with Crippen LogP contribution in [0.2, 0.25) is 0 Å². The van der Waals surface area contributed by atoms with Crippen molar-refractivity contribution < 1.29 is 28.5 Å². The minimum atomic E-state index is -0.515. The quantitative estimate of drug-likeness (QED) is 0.120. The number of esters is 2. The molecule has 0 unspecified atom stereocenters. The molecule has 0 aliphatic heterocycles. The standard InChI is InChI=1S/C33H27NO6/c1-3-31(35)39-18-16-37-29-11-6-5-10-27(29)24-8-7-9-26(21-24)33-28-14-12-23(22-34)20-25(28)13-15-30(33)38-17-19-40-32(36)4-2/h3-15,20-21H,1-2,16-19H2. The van der Waals surface area contributed by atoms with Crippen molar-refractivity contribution in [1.82, 2.24) is 0 Å². The summed E-state index contributed by atoms with van der Waals surface area (Å²) in [5.74, 6) is 0.237. The summed E-state index contributed by atoms with van der Waals surface area (Å²) in [6, 6.07) is 27.0. The molecule has 0 radical (unpaired) electrons. The van der Waals surface area contributed by atoms with E-state index >= 15 is 0 Å². The largest absolute Gasteiger partial charge is 0.489 e. The number of rotatable bonds is 12. The summed E-state index contributed by atoms with van der Waals surface area (Å²) >= 11 is 0. The highest BCUT2D eigenvalue weighted by Gasteiger charge is 2.15. The van der Waals surface area contributed by atoms with Gasteiger partial charge in [0.2, 0.25) is 0 Å². The second-order valence-corrected chi connectivity index (χ2v) is 8.50. The van der Waals surface area contributed by atoms with Gasteiger partial charge in [0, 0.05) is 23.3 Å². The van der Waals surface area contributed by atoms with Crippen LogP contribution in [-0.2, 0) is 19.1 Å². The first-order valence-corrected chi connectivity index (χ1v) is 12.5. The maximum Gasteiger partial charge on any atom is 0.330 e. The van der Waals surface area contributed by atoms with E-state index in [1.54, 1.807) is 6.07 Å². The molecule has 200 valence electrons. The zero-order valence-electron chi connectivity index (χ0n) is 21.8. The van der Waals surface area contributed by atoms with Crippen molar-refractivity contribution in [2.24, 2.45) is 0 Å². The van der Waals surface area contributed by atoms with Crippen LogP contribution >= 0.6 is 0 Å². The molecule has 0 aliphatic carbocycles. The average Bonchev–Trinajstić information content (AvgIpc) is 3.00. The van der Waals surface area contributed by atoms with E-state index in [1.165, 1.54) is 0 Å². The first kappa shape index (κ1) is 27.7. The Labute approximate surface area is 232 Å². The molecule has 0 saturated heterocycles. The number of nitrogens with zero attached hydrogens (tertiary/aromatic N) is 1. The van der Waals surface area contributed by atoms with Gasteiger partial charge in [-0.15, -0.1) is 0 Å². The Morgan fingerprint density at radius 1 is 0.725 bits per heavy atom. The second kappa shape index (κ2) is 13.4. The van der Waals surface area contributed by atoms with Gasteiger partial charge >= 0.3 is 11.9 Å². The van der Waals surface area contributed by atoms with E-state index in [4.69, 9.17) is 18.9 Å². The van der Waals surface area contributed by atoms with E-state index in [9.17, 15) is 14.9 Å². The number of carbonyl (C=O) groups is 2. The molecule has 7 nitrogen and oxygen atoms in total. The van der Waals surface area contributed by atoms with Gasteiger partial charge in [0.15, 0.2) is 0 Å². The molecule has 0 bridgehead atoms. The Bertz CT molecular complexity index is 1600. The summed E-state index contributed by atoms with van der Waals surface area (Å²) in [7, 11) is 0. The lowest BCUT2D eigenvalue weighted by Crippen LogP contribution is -2.10. The van der Waals surface area contributed by atoms with Gasteiger partial charge in [-0.2, -0.15) is 5.26 Å². The van der Waals surface area contributed by atoms with Crippen molar-refractivity contribution in [2.75, 3.05) is 26.4 Å². The number of carbonyl (C=O) groups excluding carboxylic acids is 2. The lowest BCUT2D eigenvalue weighted by Gasteiger charge is -2.17. The Morgan fingerprint density at radius 2 is 1.40 bits per heavy atom. The molecule has 0 heterocycles. The van der Waals surface area contributed by atoms with E-state index in [0.29, 0.717) is 17.1 Å². The molecule has 4 rings (SSSR count). The van der Waals surface area contributed by atoms with Gasteiger partial charge in [0.1, 0.15) is 37.9 Å². The maximum absolute atomic E-state index is 11.4. The van der Waals surface area contributed by atoms with Crippen molar-refractivity contribution in [3.63, 3.8) is 0 Å². The third kappa shape index (κ3) is 6.74. The van der Waals surface area contributed by atoms with Gasteiger partial charge in [-0.25, -0.2) is 9.59 Å². The molecule has 0 aromatic heterocycles. The fraction of sp³-hybridized carbons (Fsp3) is 0.121. The number of para-hydroxylation sites is 1. The van der Waals surface area contributed by atoms with Crippen LogP contribution in [0, 0.1) is 11.3 Å². The van der Waals surface area contributed by atoms with Crippen molar-refractivity contribution in [3.05, 3.63) is 110 Å². The Morgan fingerprint density at radius 3 is 2.10 bits per heavy atom. The molecule has 4 aromatic rings. The van der Waals surface area contributed by atoms with E-state index in [2.05, 4.69) is 19.2 Å². The van der Waals surface area contributed by atoms with Crippen LogP contribution in [0.25, 0.3) is 33.0 Å². The Kier molecular flexibility index (Phi) is 9.30. The van der Waals surface area contributed by atoms with Crippen LogP contribution in [0.5, 0.6) is 11.5 Å². The monoisotopic (exact) mass is 533 g/mol. The SMILES string of the molecule is C=CC(=O)OCCOc1ccccc1-c1cccc(-c2c(OCCOC(=O)C=C)ccc3cc(C#N)ccc23)c1. The molecular weight excluding hydrogens is 506 g/mol. The predicted octanol–water partition coefficient (Wildman–Crippen LogP) is 6.26. The molecular formula is C33H27NO6. The van der Waals surface area contributed by atoms with Crippen LogP contribution in [0.15, 0.2) is 104 Å². The summed E-state index contributed by atoms with van der Waals surface area (Å²) in [5, 5.41) is 11.2. The third-order valence-electron chi connectivity index (χ3n) is 5.96. The lowest BCUT2D eigenvalue weighted by atomic mass is 9.93. The van der Waals surface area contributed by atoms with Crippen LogP contribution in [-0.4, -0.2) is 38.4 Å². The third-order valence-corrected chi connectivity index (χ3v) is 5.96. The number of hydrogen-bond acceptors (Lipinski definition) is 7. The highest BCUT2D eigenvalue weighted by Crippen LogP contribution is 2.40. The summed E-state index contributed by atoms with van der Waals surface area (Å²) in [6.07, 6.45) is 2.22. The molecule has 0 fully saturated rings. The normalized spacial score (nSPS) is 10.3. The molecule has 0 N–H and O–H groups in total. The molecule has 0 amide bonds. The number of ether oxygens (including phenoxy) is 4. The lowest BCUT2D eigenvalue weighted by molar-refractivity contribution is -0.139. The zero-order valence-corrected chi connectivity index (χ0v) is 21.8. The maximum atomic E-state index is 11.4. The molecule has 0 spiro atoms. The summed E-state index contributed by atoms with van der Waals surface area (Å²) in [5.41, 5.74) is 4.06. The first-order valence-electron chi connectivity index (χ1n) is 12.5. The molecule has 0 atom stereocenters. The summed E-state index contributed by atoms with van der Waals surface area (Å²) in [6.45, 7) is 7.30. The summed E-state index contributed by atoms with van der Waals surface area (Å²) < 4.78 is 22.1. The van der Waals surface area contributed by atoms with Crippen molar-refractivity contribution in [3.8, 4) is 39.8 Å². The van der Waals surface area contributed by atoms with Crippen LogP contribution < -0.4 is 9.47 Å². The van der Waals surface area contributed by atoms with E-state index < -0.39 is 11.9 Å². The number of hydrogen-bond donors (Lipinski definition) is 0. The topological polar surface area (TPSA) is 94.8 Å². The number of nitriles is 1. The predicted molar refractivity (Wildman–Crippen MR) is 153 cm³/mol. The van der Waals surface area contributed by atoms with Crippen LogP contribution in [0.4, 0.5) is 0 Å². The van der Waals surface area contributed by atoms with E-state index in [-0.39, 0.29) is 26.4 Å². The fourth-order valence-electron chi connectivity index (χ4n) is 4.18. The molecule has 7 heteroatoms. The Hall–Kier alpha value is -5.35. The van der Waals surface area contributed by atoms with Crippen LogP contribution in [0.1, 0.15) is 5.56 Å². The molecule has 0 aliphatic rings. The first-order chi connectivity index (χ1) is 19.5. The van der Waals surface area contributed by atoms with Crippen molar-refractivity contribution >= 4 is 22.7 Å². The molecule has 40 heavy (non-hydrogen) atoms. The minimum absolute atomic E-state index is 0.0720. The van der Waals surface area contributed by atoms with Crippen molar-refractivity contribution in [1.29, 1.82) is 5.26 Å². The Balaban J connectivity index is 1.69. The van der Waals surface area contributed by atoms with Gasteiger partial charge in [-0.1, -0.05) is 61.7 Å². The van der Waals surface area contributed by atoms with E-state index in [0.717, 1.165) is 45.2 Å². The number of fused-ring (bicyclic) bond motifs is 1. The average molecular weight is 534 g/mol.